The molecule has 3 rings (SSSR count). The normalized spacial score (nSPS) is 14.0. The van der Waals surface area contributed by atoms with Crippen LogP contribution in [-0.4, -0.2) is 49.2 Å². The Morgan fingerprint density at radius 2 is 1.60 bits per heavy atom. The van der Waals surface area contributed by atoms with E-state index in [0.29, 0.717) is 0 Å². The highest BCUT2D eigenvalue weighted by atomic mass is 19.4. The Labute approximate surface area is 170 Å². The third kappa shape index (κ3) is 5.29. The van der Waals surface area contributed by atoms with Gasteiger partial charge in [-0.1, -0.05) is 48.5 Å². The van der Waals surface area contributed by atoms with Gasteiger partial charge in [0.25, 0.3) is 0 Å². The molecule has 2 aromatic rings. The van der Waals surface area contributed by atoms with Crippen molar-refractivity contribution in [2.75, 3.05) is 19.8 Å². The van der Waals surface area contributed by atoms with Crippen LogP contribution < -0.4 is 5.32 Å². The van der Waals surface area contributed by atoms with Crippen LogP contribution in [0.3, 0.4) is 0 Å². The Morgan fingerprint density at radius 1 is 1.03 bits per heavy atom. The minimum absolute atomic E-state index is 0.00320. The van der Waals surface area contributed by atoms with E-state index in [9.17, 15) is 27.9 Å². The minimum atomic E-state index is -4.50. The first-order valence-electron chi connectivity index (χ1n) is 9.25. The highest BCUT2D eigenvalue weighted by Crippen LogP contribution is 2.44. The number of benzene rings is 2. The predicted molar refractivity (Wildman–Crippen MR) is 101 cm³/mol. The molecule has 1 atom stereocenters. The average molecular weight is 423 g/mol. The lowest BCUT2D eigenvalue weighted by Crippen LogP contribution is -2.42. The Bertz CT molecular complexity index is 870. The van der Waals surface area contributed by atoms with E-state index in [1.165, 1.54) is 0 Å². The maximum Gasteiger partial charge on any atom is 0.411 e. The molecule has 0 heterocycles. The summed E-state index contributed by atoms with van der Waals surface area (Å²) in [5, 5.41) is 11.3. The minimum Gasteiger partial charge on any atom is -0.480 e. The van der Waals surface area contributed by atoms with Crippen molar-refractivity contribution in [2.24, 2.45) is 0 Å². The van der Waals surface area contributed by atoms with Crippen LogP contribution in [0, 0.1) is 0 Å². The van der Waals surface area contributed by atoms with Crippen molar-refractivity contribution >= 4 is 12.1 Å². The van der Waals surface area contributed by atoms with Gasteiger partial charge in [-0.15, -0.1) is 0 Å². The van der Waals surface area contributed by atoms with Gasteiger partial charge in [0, 0.05) is 18.9 Å². The standard InChI is InChI=1S/C21H20F3NO5/c22-21(23,24)12-29-10-9-18(19(26)27)25-20(28)30-11-17-15-7-3-1-5-13(15)14-6-2-4-8-16(14)17/h1-8,17-18H,9-12H2,(H,25,28)(H,26,27). The zero-order valence-corrected chi connectivity index (χ0v) is 15.8. The number of rotatable bonds is 8. The number of aliphatic carboxylic acids is 1. The summed E-state index contributed by atoms with van der Waals surface area (Å²) in [5.74, 6) is -1.58. The van der Waals surface area contributed by atoms with E-state index in [0.717, 1.165) is 22.3 Å². The number of carboxylic acids is 1. The molecule has 1 aliphatic rings. The molecule has 0 aliphatic heterocycles. The van der Waals surface area contributed by atoms with Crippen molar-refractivity contribution in [3.63, 3.8) is 0 Å². The van der Waals surface area contributed by atoms with Crippen molar-refractivity contribution in [3.05, 3.63) is 59.7 Å². The quantitative estimate of drug-likeness (QED) is 0.628. The lowest BCUT2D eigenvalue weighted by atomic mass is 9.98. The lowest BCUT2D eigenvalue weighted by molar-refractivity contribution is -0.174. The summed E-state index contributed by atoms with van der Waals surface area (Å²) in [7, 11) is 0. The van der Waals surface area contributed by atoms with Gasteiger partial charge in [0.05, 0.1) is 0 Å². The van der Waals surface area contributed by atoms with Gasteiger partial charge in [0.15, 0.2) is 0 Å². The summed E-state index contributed by atoms with van der Waals surface area (Å²) < 4.78 is 45.9. The van der Waals surface area contributed by atoms with E-state index in [1.807, 2.05) is 48.5 Å². The molecule has 2 aromatic carbocycles. The van der Waals surface area contributed by atoms with Gasteiger partial charge in [-0.3, -0.25) is 0 Å². The molecule has 1 amide bonds. The fourth-order valence-electron chi connectivity index (χ4n) is 3.43. The topological polar surface area (TPSA) is 84.9 Å². The van der Waals surface area contributed by atoms with Gasteiger partial charge in [-0.2, -0.15) is 13.2 Å². The summed E-state index contributed by atoms with van der Waals surface area (Å²) in [6, 6.07) is 14.0. The largest absolute Gasteiger partial charge is 0.480 e. The third-order valence-electron chi connectivity index (χ3n) is 4.75. The van der Waals surface area contributed by atoms with Crippen molar-refractivity contribution in [1.29, 1.82) is 0 Å². The average Bonchev–Trinajstić information content (AvgIpc) is 3.01. The van der Waals surface area contributed by atoms with Crippen LogP contribution >= 0.6 is 0 Å². The molecule has 0 fully saturated rings. The van der Waals surface area contributed by atoms with Crippen molar-refractivity contribution < 1.29 is 37.3 Å². The fraction of sp³-hybridized carbons (Fsp3) is 0.333. The highest BCUT2D eigenvalue weighted by molar-refractivity contribution is 5.81. The number of carboxylic acid groups (broad SMARTS) is 1. The zero-order chi connectivity index (χ0) is 21.7. The van der Waals surface area contributed by atoms with Crippen molar-refractivity contribution in [2.45, 2.75) is 24.6 Å². The molecule has 0 aromatic heterocycles. The Hall–Kier alpha value is -3.07. The molecule has 160 valence electrons. The second-order valence-corrected chi connectivity index (χ2v) is 6.82. The first-order valence-corrected chi connectivity index (χ1v) is 9.25. The van der Waals surface area contributed by atoms with Gasteiger partial charge in [-0.25, -0.2) is 9.59 Å². The number of nitrogens with one attached hydrogen (secondary N) is 1. The summed E-state index contributed by atoms with van der Waals surface area (Å²) in [4.78, 5) is 23.4. The maximum atomic E-state index is 12.1. The van der Waals surface area contributed by atoms with Gasteiger partial charge in [0.1, 0.15) is 19.3 Å². The number of hydrogen-bond acceptors (Lipinski definition) is 4. The zero-order valence-electron chi connectivity index (χ0n) is 15.8. The van der Waals surface area contributed by atoms with Crippen LogP contribution in [-0.2, 0) is 14.3 Å². The number of carbonyl (C=O) groups is 2. The Balaban J connectivity index is 1.56. The maximum absolute atomic E-state index is 12.1. The molecule has 1 aliphatic carbocycles. The molecule has 0 radical (unpaired) electrons. The predicted octanol–water partition coefficient (Wildman–Crippen LogP) is 3.95. The van der Waals surface area contributed by atoms with Crippen LogP contribution in [0.5, 0.6) is 0 Å². The smallest absolute Gasteiger partial charge is 0.411 e. The van der Waals surface area contributed by atoms with Gasteiger partial charge < -0.3 is 19.9 Å². The van der Waals surface area contributed by atoms with Crippen LogP contribution in [0.1, 0.15) is 23.5 Å². The summed E-state index contributed by atoms with van der Waals surface area (Å²) >= 11 is 0. The second kappa shape index (κ2) is 9.17. The van der Waals surface area contributed by atoms with Gasteiger partial charge in [0.2, 0.25) is 0 Å². The van der Waals surface area contributed by atoms with Gasteiger partial charge >= 0.3 is 18.2 Å². The summed E-state index contributed by atoms with van der Waals surface area (Å²) in [6.45, 7) is -1.96. The number of alkyl halides is 3. The molecular formula is C21H20F3NO5. The fourth-order valence-corrected chi connectivity index (χ4v) is 3.43. The molecule has 0 bridgehead atoms. The summed E-state index contributed by atoms with van der Waals surface area (Å²) in [5.41, 5.74) is 4.10. The second-order valence-electron chi connectivity index (χ2n) is 6.82. The van der Waals surface area contributed by atoms with E-state index < -0.39 is 37.5 Å². The monoisotopic (exact) mass is 423 g/mol. The lowest BCUT2D eigenvalue weighted by Gasteiger charge is -2.17. The number of carbonyl (C=O) groups excluding carboxylic acids is 1. The SMILES string of the molecule is O=C(NC(CCOCC(F)(F)F)C(=O)O)OCC1c2ccccc2-c2ccccc21. The van der Waals surface area contributed by atoms with Crippen molar-refractivity contribution in [1.82, 2.24) is 5.32 Å². The Morgan fingerprint density at radius 3 is 2.13 bits per heavy atom. The molecule has 0 saturated heterocycles. The van der Waals surface area contributed by atoms with E-state index in [1.54, 1.807) is 0 Å². The van der Waals surface area contributed by atoms with Crippen LogP contribution in [0.15, 0.2) is 48.5 Å². The van der Waals surface area contributed by atoms with E-state index in [-0.39, 0.29) is 18.9 Å². The Kier molecular flexibility index (Phi) is 6.61. The third-order valence-corrected chi connectivity index (χ3v) is 4.75. The van der Waals surface area contributed by atoms with E-state index >= 15 is 0 Å². The van der Waals surface area contributed by atoms with Crippen molar-refractivity contribution in [3.8, 4) is 11.1 Å². The molecule has 9 heteroatoms. The molecular weight excluding hydrogens is 403 g/mol. The number of amides is 1. The molecule has 1 unspecified atom stereocenters. The van der Waals surface area contributed by atoms with Crippen LogP contribution in [0.4, 0.5) is 18.0 Å². The molecule has 6 nitrogen and oxygen atoms in total. The molecule has 2 N–H and O–H groups in total. The first-order chi connectivity index (χ1) is 14.3. The van der Waals surface area contributed by atoms with Crippen LogP contribution in [0.25, 0.3) is 11.1 Å². The van der Waals surface area contributed by atoms with Crippen LogP contribution in [0.2, 0.25) is 0 Å². The number of halogens is 3. The molecule has 0 saturated carbocycles. The number of ether oxygens (including phenoxy) is 2. The van der Waals surface area contributed by atoms with E-state index in [4.69, 9.17) is 4.74 Å². The first kappa shape index (κ1) is 21.6. The highest BCUT2D eigenvalue weighted by Gasteiger charge is 2.30. The molecule has 0 spiro atoms. The number of alkyl carbamates (subject to hydrolysis) is 1. The van der Waals surface area contributed by atoms with Gasteiger partial charge in [-0.05, 0) is 22.3 Å². The van der Waals surface area contributed by atoms with E-state index in [2.05, 4.69) is 10.1 Å². The number of fused-ring (bicyclic) bond motifs is 3. The summed E-state index contributed by atoms with van der Waals surface area (Å²) in [6.07, 6.45) is -5.78. The number of hydrogen-bond donors (Lipinski definition) is 2. The molecule has 30 heavy (non-hydrogen) atoms.